The monoisotopic (exact) mass is 432 g/mol. The summed E-state index contributed by atoms with van der Waals surface area (Å²) >= 11 is 8.81. The van der Waals surface area contributed by atoms with Gasteiger partial charge >= 0.3 is 0 Å². The van der Waals surface area contributed by atoms with Crippen LogP contribution >= 0.6 is 34.7 Å². The predicted molar refractivity (Wildman–Crippen MR) is 116 cm³/mol. The highest BCUT2D eigenvalue weighted by Crippen LogP contribution is 2.24. The summed E-state index contributed by atoms with van der Waals surface area (Å²) in [5.41, 5.74) is 1.11. The molecular formula is C20H21ClN4OS2. The highest BCUT2D eigenvalue weighted by atomic mass is 35.5. The van der Waals surface area contributed by atoms with Gasteiger partial charge in [-0.25, -0.2) is 0 Å². The number of nitrogens with zero attached hydrogens (tertiary/aromatic N) is 3. The van der Waals surface area contributed by atoms with Crippen molar-refractivity contribution in [1.82, 2.24) is 20.1 Å². The van der Waals surface area contributed by atoms with Crippen molar-refractivity contribution >= 4 is 40.6 Å². The Morgan fingerprint density at radius 1 is 1.29 bits per heavy atom. The van der Waals surface area contributed by atoms with Gasteiger partial charge in [-0.05, 0) is 31.0 Å². The minimum Gasteiger partial charge on any atom is -0.341 e. The maximum atomic E-state index is 12.8. The largest absolute Gasteiger partial charge is 0.341 e. The fourth-order valence-electron chi connectivity index (χ4n) is 2.74. The summed E-state index contributed by atoms with van der Waals surface area (Å²) in [5.74, 6) is 1.15. The van der Waals surface area contributed by atoms with E-state index in [0.29, 0.717) is 27.9 Å². The number of hydrogen-bond donors (Lipinski definition) is 1. The molecule has 0 aliphatic carbocycles. The summed E-state index contributed by atoms with van der Waals surface area (Å²) in [6.45, 7) is 5.69. The van der Waals surface area contributed by atoms with E-state index in [-0.39, 0.29) is 11.9 Å². The maximum Gasteiger partial charge on any atom is 0.261 e. The molecule has 1 aromatic carbocycles. The van der Waals surface area contributed by atoms with Crippen LogP contribution in [0.1, 0.15) is 32.0 Å². The summed E-state index contributed by atoms with van der Waals surface area (Å²) < 4.78 is 1.90. The first-order valence-electron chi connectivity index (χ1n) is 8.70. The van der Waals surface area contributed by atoms with E-state index in [9.17, 15) is 4.79 Å². The fraction of sp³-hybridized carbons (Fsp3) is 0.250. The number of rotatable bonds is 8. The van der Waals surface area contributed by atoms with Crippen LogP contribution in [-0.4, -0.2) is 26.4 Å². The van der Waals surface area contributed by atoms with Gasteiger partial charge in [-0.15, -0.1) is 21.5 Å². The topological polar surface area (TPSA) is 59.8 Å². The van der Waals surface area contributed by atoms with Gasteiger partial charge in [0.25, 0.3) is 5.91 Å². The van der Waals surface area contributed by atoms with Crippen molar-refractivity contribution in [3.8, 4) is 0 Å². The number of carbonyl (C=O) groups is 1. The summed E-state index contributed by atoms with van der Waals surface area (Å²) in [5, 5.41) is 13.0. The van der Waals surface area contributed by atoms with Crippen LogP contribution in [0.15, 0.2) is 59.2 Å². The number of aryl methyl sites for hydroxylation is 1. The van der Waals surface area contributed by atoms with Gasteiger partial charge in [-0.2, -0.15) is 0 Å². The second kappa shape index (κ2) is 9.41. The number of hydrogen-bond acceptors (Lipinski definition) is 5. The molecule has 28 heavy (non-hydrogen) atoms. The van der Waals surface area contributed by atoms with Crippen molar-refractivity contribution in [3.63, 3.8) is 0 Å². The van der Waals surface area contributed by atoms with E-state index in [4.69, 9.17) is 11.6 Å². The van der Waals surface area contributed by atoms with E-state index in [1.807, 2.05) is 61.0 Å². The molecule has 1 amide bonds. The molecule has 1 atom stereocenters. The zero-order valence-electron chi connectivity index (χ0n) is 15.7. The van der Waals surface area contributed by atoms with Crippen LogP contribution in [0, 0.1) is 6.92 Å². The summed E-state index contributed by atoms with van der Waals surface area (Å²) in [6.07, 6.45) is 0.621. The first-order chi connectivity index (χ1) is 13.4. The highest BCUT2D eigenvalue weighted by molar-refractivity contribution is 7.99. The molecule has 3 aromatic rings. The fourth-order valence-corrected chi connectivity index (χ4v) is 4.35. The molecule has 2 heterocycles. The van der Waals surface area contributed by atoms with E-state index in [1.165, 1.54) is 23.1 Å². The standard InChI is InChI=1S/C20H21ClN4OS2/c1-13(21)12-27-20-24-23-18(25(20)3)16(11-15-7-5-4-6-8-15)22-19(26)17-10-9-14(2)28-17/h4-10,16H,1,11-12H2,2-3H3,(H,22,26)/t16-/m0/s1. The quantitative estimate of drug-likeness (QED) is 0.522. The molecule has 146 valence electrons. The lowest BCUT2D eigenvalue weighted by Gasteiger charge is -2.18. The highest BCUT2D eigenvalue weighted by Gasteiger charge is 2.23. The van der Waals surface area contributed by atoms with Crippen molar-refractivity contribution in [2.75, 3.05) is 5.75 Å². The van der Waals surface area contributed by atoms with Crippen LogP contribution in [0.3, 0.4) is 0 Å². The molecule has 1 N–H and O–H groups in total. The molecule has 0 fully saturated rings. The molecule has 0 aliphatic heterocycles. The molecule has 8 heteroatoms. The van der Waals surface area contributed by atoms with E-state index in [0.717, 1.165) is 15.6 Å². The number of thioether (sulfide) groups is 1. The Balaban J connectivity index is 1.85. The Bertz CT molecular complexity index is 968. The van der Waals surface area contributed by atoms with E-state index in [2.05, 4.69) is 22.1 Å². The van der Waals surface area contributed by atoms with Crippen molar-refractivity contribution in [1.29, 1.82) is 0 Å². The summed E-state index contributed by atoms with van der Waals surface area (Å²) in [6, 6.07) is 13.5. The number of nitrogens with one attached hydrogen (secondary N) is 1. The van der Waals surface area contributed by atoms with Crippen LogP contribution < -0.4 is 5.32 Å². The van der Waals surface area contributed by atoms with Gasteiger partial charge < -0.3 is 9.88 Å². The smallest absolute Gasteiger partial charge is 0.261 e. The number of carbonyl (C=O) groups excluding carboxylic acids is 1. The molecular weight excluding hydrogens is 412 g/mol. The van der Waals surface area contributed by atoms with E-state index in [1.54, 1.807) is 0 Å². The molecule has 0 aliphatic rings. The van der Waals surface area contributed by atoms with Gasteiger partial charge in [0.05, 0.1) is 10.9 Å². The first-order valence-corrected chi connectivity index (χ1v) is 10.9. The number of amides is 1. The van der Waals surface area contributed by atoms with Gasteiger partial charge in [0.15, 0.2) is 11.0 Å². The van der Waals surface area contributed by atoms with Crippen LogP contribution in [0.5, 0.6) is 0 Å². The van der Waals surface area contributed by atoms with Gasteiger partial charge in [0, 0.05) is 22.7 Å². The third kappa shape index (κ3) is 5.25. The van der Waals surface area contributed by atoms with Crippen LogP contribution in [0.25, 0.3) is 0 Å². The minimum absolute atomic E-state index is 0.106. The molecule has 3 rings (SSSR count). The van der Waals surface area contributed by atoms with Crippen LogP contribution in [-0.2, 0) is 13.5 Å². The normalized spacial score (nSPS) is 12.0. The zero-order chi connectivity index (χ0) is 20.1. The lowest BCUT2D eigenvalue weighted by atomic mass is 10.1. The molecule has 5 nitrogen and oxygen atoms in total. The van der Waals surface area contributed by atoms with Crippen LogP contribution in [0.4, 0.5) is 0 Å². The molecule has 0 bridgehead atoms. The number of thiophene rings is 1. The Labute approximate surface area is 177 Å². The average molecular weight is 433 g/mol. The van der Waals surface area contributed by atoms with Crippen molar-refractivity contribution in [2.45, 2.75) is 24.5 Å². The zero-order valence-corrected chi connectivity index (χ0v) is 18.1. The van der Waals surface area contributed by atoms with Crippen molar-refractivity contribution in [2.24, 2.45) is 7.05 Å². The number of aromatic nitrogens is 3. The van der Waals surface area contributed by atoms with Gasteiger partial charge in [-0.1, -0.05) is 60.3 Å². The lowest BCUT2D eigenvalue weighted by molar-refractivity contribution is 0.0938. The molecule has 0 saturated carbocycles. The van der Waals surface area contributed by atoms with Gasteiger partial charge in [-0.3, -0.25) is 4.79 Å². The SMILES string of the molecule is C=C(Cl)CSc1nnc([C@H](Cc2ccccc2)NC(=O)c2ccc(C)s2)n1C. The summed E-state index contributed by atoms with van der Waals surface area (Å²) in [4.78, 5) is 14.6. The number of halogens is 1. The lowest BCUT2D eigenvalue weighted by Crippen LogP contribution is -2.31. The first kappa shape index (κ1) is 20.6. The van der Waals surface area contributed by atoms with Crippen molar-refractivity contribution < 1.29 is 4.79 Å². The molecule has 0 unspecified atom stereocenters. The summed E-state index contributed by atoms with van der Waals surface area (Å²) in [7, 11) is 1.90. The predicted octanol–water partition coefficient (Wildman–Crippen LogP) is 4.74. The van der Waals surface area contributed by atoms with E-state index < -0.39 is 0 Å². The molecule has 0 saturated heterocycles. The third-order valence-corrected chi connectivity index (χ3v) is 6.49. The second-order valence-corrected chi connectivity index (χ2v) is 9.10. The number of benzene rings is 1. The Morgan fingerprint density at radius 3 is 2.68 bits per heavy atom. The second-order valence-electron chi connectivity index (χ2n) is 6.33. The average Bonchev–Trinajstić information content (AvgIpc) is 3.26. The Hall–Kier alpha value is -2.09. The molecule has 2 aromatic heterocycles. The van der Waals surface area contributed by atoms with Gasteiger partial charge in [0.2, 0.25) is 0 Å². The van der Waals surface area contributed by atoms with Gasteiger partial charge in [0.1, 0.15) is 0 Å². The maximum absolute atomic E-state index is 12.8. The Morgan fingerprint density at radius 2 is 2.04 bits per heavy atom. The minimum atomic E-state index is -0.302. The molecule has 0 spiro atoms. The molecule has 0 radical (unpaired) electrons. The third-order valence-electron chi connectivity index (χ3n) is 4.09. The van der Waals surface area contributed by atoms with Crippen molar-refractivity contribution in [3.05, 3.63) is 75.2 Å². The van der Waals surface area contributed by atoms with E-state index >= 15 is 0 Å². The Kier molecular flexibility index (Phi) is 6.93. The van der Waals surface area contributed by atoms with Crippen LogP contribution in [0.2, 0.25) is 0 Å².